The van der Waals surface area contributed by atoms with Crippen molar-refractivity contribution in [2.45, 2.75) is 25.7 Å². The lowest BCUT2D eigenvalue weighted by Gasteiger charge is -2.23. The molecular weight excluding hydrogens is 261 g/mol. The molecule has 2 nitrogen and oxygen atoms in total. The number of hydrogen-bond donors (Lipinski definition) is 0. The Morgan fingerprint density at radius 2 is 1.75 bits per heavy atom. The second-order valence-corrected chi connectivity index (χ2v) is 9.65. The molecule has 5 heteroatoms. The summed E-state index contributed by atoms with van der Waals surface area (Å²) in [4.78, 5) is 0. The van der Waals surface area contributed by atoms with Gasteiger partial charge in [-0.05, 0) is 31.8 Å². The van der Waals surface area contributed by atoms with Crippen LogP contribution in [-0.4, -0.2) is 8.32 Å². The van der Waals surface area contributed by atoms with Crippen LogP contribution in [0.15, 0.2) is 18.2 Å². The zero-order valence-corrected chi connectivity index (χ0v) is 11.9. The van der Waals surface area contributed by atoms with Crippen LogP contribution >= 0.6 is 23.2 Å². The van der Waals surface area contributed by atoms with Gasteiger partial charge in [-0.25, -0.2) is 0 Å². The van der Waals surface area contributed by atoms with Gasteiger partial charge in [-0.3, -0.25) is 0 Å². The van der Waals surface area contributed by atoms with E-state index in [0.717, 1.165) is 0 Å². The van der Waals surface area contributed by atoms with Gasteiger partial charge in [0.05, 0.1) is 6.07 Å². The summed E-state index contributed by atoms with van der Waals surface area (Å²) in [5.74, 6) is 0. The molecule has 1 rings (SSSR count). The minimum atomic E-state index is -1.81. The van der Waals surface area contributed by atoms with Crippen molar-refractivity contribution in [3.63, 3.8) is 0 Å². The van der Waals surface area contributed by atoms with Crippen molar-refractivity contribution in [2.75, 3.05) is 0 Å². The summed E-state index contributed by atoms with van der Waals surface area (Å²) in [6.07, 6.45) is -0.687. The van der Waals surface area contributed by atoms with E-state index in [2.05, 4.69) is 6.07 Å². The molecule has 0 saturated carbocycles. The second-order valence-electron chi connectivity index (χ2n) is 4.37. The summed E-state index contributed by atoms with van der Waals surface area (Å²) < 4.78 is 5.74. The highest BCUT2D eigenvalue weighted by Gasteiger charge is 2.25. The van der Waals surface area contributed by atoms with Crippen molar-refractivity contribution in [1.29, 1.82) is 5.26 Å². The standard InChI is InChI=1S/C11H13Cl2NOSi/c1-16(2,3)15-10(7-14)11-8(12)5-4-6-9(11)13/h4-6,10H,1-3H3. The summed E-state index contributed by atoms with van der Waals surface area (Å²) in [6, 6.07) is 7.27. The van der Waals surface area contributed by atoms with Crippen LogP contribution in [0.4, 0.5) is 0 Å². The fraction of sp³-hybridized carbons (Fsp3) is 0.364. The molecule has 1 unspecified atom stereocenters. The first-order chi connectivity index (χ1) is 7.35. The predicted molar refractivity (Wildman–Crippen MR) is 69.2 cm³/mol. The maximum Gasteiger partial charge on any atom is 0.186 e. The molecular formula is C11H13Cl2NOSi. The molecule has 1 aromatic carbocycles. The van der Waals surface area contributed by atoms with Gasteiger partial charge in [0.2, 0.25) is 0 Å². The largest absolute Gasteiger partial charge is 0.399 e. The van der Waals surface area contributed by atoms with Gasteiger partial charge < -0.3 is 4.43 Å². The van der Waals surface area contributed by atoms with E-state index in [9.17, 15) is 0 Å². The molecule has 0 aliphatic rings. The maximum atomic E-state index is 9.12. The average Bonchev–Trinajstić information content (AvgIpc) is 2.14. The maximum absolute atomic E-state index is 9.12. The van der Waals surface area contributed by atoms with Crippen LogP contribution in [0.2, 0.25) is 29.7 Å². The van der Waals surface area contributed by atoms with Gasteiger partial charge in [0.15, 0.2) is 14.4 Å². The fourth-order valence-corrected chi connectivity index (χ4v) is 2.74. The highest BCUT2D eigenvalue weighted by atomic mass is 35.5. The third-order valence-corrected chi connectivity index (χ3v) is 3.45. The second kappa shape index (κ2) is 5.20. The van der Waals surface area contributed by atoms with Crippen LogP contribution in [0.5, 0.6) is 0 Å². The Kier molecular flexibility index (Phi) is 4.40. The molecule has 0 bridgehead atoms. The smallest absolute Gasteiger partial charge is 0.186 e. The van der Waals surface area contributed by atoms with E-state index in [4.69, 9.17) is 32.9 Å². The van der Waals surface area contributed by atoms with Crippen molar-refractivity contribution in [3.8, 4) is 6.07 Å². The first-order valence-electron chi connectivity index (χ1n) is 4.86. The zero-order valence-electron chi connectivity index (χ0n) is 9.42. The van der Waals surface area contributed by atoms with E-state index >= 15 is 0 Å². The van der Waals surface area contributed by atoms with Gasteiger partial charge in [0.25, 0.3) is 0 Å². The van der Waals surface area contributed by atoms with Crippen LogP contribution in [0.1, 0.15) is 11.7 Å². The van der Waals surface area contributed by atoms with Crippen molar-refractivity contribution < 1.29 is 4.43 Å². The molecule has 0 N–H and O–H groups in total. The van der Waals surface area contributed by atoms with Crippen molar-refractivity contribution >= 4 is 31.5 Å². The Hall–Kier alpha value is -0.533. The van der Waals surface area contributed by atoms with Gasteiger partial charge in [-0.2, -0.15) is 5.26 Å². The van der Waals surface area contributed by atoms with E-state index in [1.807, 2.05) is 19.6 Å². The SMILES string of the molecule is C[Si](C)(C)OC(C#N)c1c(Cl)cccc1Cl. The van der Waals surface area contributed by atoms with Gasteiger partial charge in [0.1, 0.15) is 0 Å². The van der Waals surface area contributed by atoms with Crippen LogP contribution in [-0.2, 0) is 4.43 Å². The van der Waals surface area contributed by atoms with Gasteiger partial charge in [0, 0.05) is 15.6 Å². The summed E-state index contributed by atoms with van der Waals surface area (Å²) in [6.45, 7) is 6.05. The molecule has 0 heterocycles. The molecule has 0 aliphatic carbocycles. The summed E-state index contributed by atoms with van der Waals surface area (Å²) in [5.41, 5.74) is 0.566. The molecule has 0 fully saturated rings. The summed E-state index contributed by atoms with van der Waals surface area (Å²) >= 11 is 12.1. The first-order valence-corrected chi connectivity index (χ1v) is 9.03. The molecule has 16 heavy (non-hydrogen) atoms. The summed E-state index contributed by atoms with van der Waals surface area (Å²) in [5, 5.41) is 10.1. The first kappa shape index (κ1) is 13.5. The number of rotatable bonds is 3. The third kappa shape index (κ3) is 3.50. The fourth-order valence-electron chi connectivity index (χ4n) is 1.26. The molecule has 0 aromatic heterocycles. The van der Waals surface area contributed by atoms with Crippen molar-refractivity contribution in [2.24, 2.45) is 0 Å². The average molecular weight is 274 g/mol. The van der Waals surface area contributed by atoms with E-state index in [-0.39, 0.29) is 0 Å². The number of halogens is 2. The lowest BCUT2D eigenvalue weighted by Crippen LogP contribution is -2.27. The predicted octanol–water partition coefficient (Wildman–Crippen LogP) is 4.41. The Labute approximate surface area is 107 Å². The summed E-state index contributed by atoms with van der Waals surface area (Å²) in [7, 11) is -1.81. The van der Waals surface area contributed by atoms with E-state index in [1.54, 1.807) is 18.2 Å². The monoisotopic (exact) mass is 273 g/mol. The molecule has 0 spiro atoms. The molecule has 86 valence electrons. The minimum absolute atomic E-state index is 0.470. The van der Waals surface area contributed by atoms with Crippen LogP contribution < -0.4 is 0 Å². The highest BCUT2D eigenvalue weighted by Crippen LogP contribution is 2.33. The number of nitrogens with zero attached hydrogens (tertiary/aromatic N) is 1. The van der Waals surface area contributed by atoms with E-state index < -0.39 is 14.4 Å². The third-order valence-electron chi connectivity index (χ3n) is 1.85. The van der Waals surface area contributed by atoms with Gasteiger partial charge in [-0.15, -0.1) is 0 Å². The molecule has 0 radical (unpaired) electrons. The van der Waals surface area contributed by atoms with E-state index in [0.29, 0.717) is 15.6 Å². The highest BCUT2D eigenvalue weighted by molar-refractivity contribution is 6.69. The zero-order chi connectivity index (χ0) is 12.3. The Balaban J connectivity index is 3.11. The van der Waals surface area contributed by atoms with Gasteiger partial charge in [-0.1, -0.05) is 29.3 Å². The molecule has 1 atom stereocenters. The van der Waals surface area contributed by atoms with Crippen molar-refractivity contribution in [1.82, 2.24) is 0 Å². The quantitative estimate of drug-likeness (QED) is 0.765. The molecule has 0 saturated heterocycles. The van der Waals surface area contributed by atoms with E-state index in [1.165, 1.54) is 0 Å². The minimum Gasteiger partial charge on any atom is -0.399 e. The Morgan fingerprint density at radius 3 is 2.12 bits per heavy atom. The van der Waals surface area contributed by atoms with Crippen LogP contribution in [0.3, 0.4) is 0 Å². The molecule has 0 amide bonds. The number of benzene rings is 1. The lowest BCUT2D eigenvalue weighted by atomic mass is 10.1. The Bertz CT molecular complexity index is 403. The molecule has 0 aliphatic heterocycles. The number of nitriles is 1. The molecule has 1 aromatic rings. The topological polar surface area (TPSA) is 33.0 Å². The van der Waals surface area contributed by atoms with Crippen molar-refractivity contribution in [3.05, 3.63) is 33.8 Å². The Morgan fingerprint density at radius 1 is 1.25 bits per heavy atom. The van der Waals surface area contributed by atoms with Crippen LogP contribution in [0.25, 0.3) is 0 Å². The van der Waals surface area contributed by atoms with Gasteiger partial charge >= 0.3 is 0 Å². The normalized spacial score (nSPS) is 13.2. The lowest BCUT2D eigenvalue weighted by molar-refractivity contribution is 0.255. The number of hydrogen-bond acceptors (Lipinski definition) is 2. The van der Waals surface area contributed by atoms with Crippen LogP contribution in [0, 0.1) is 11.3 Å².